The summed E-state index contributed by atoms with van der Waals surface area (Å²) in [6.45, 7) is 0. The predicted octanol–water partition coefficient (Wildman–Crippen LogP) is 2.68. The van der Waals surface area contributed by atoms with Crippen molar-refractivity contribution in [3.8, 4) is 11.5 Å². The fourth-order valence-corrected chi connectivity index (χ4v) is 3.37. The van der Waals surface area contributed by atoms with Crippen molar-refractivity contribution in [3.63, 3.8) is 0 Å². The summed E-state index contributed by atoms with van der Waals surface area (Å²) in [4.78, 5) is 29.1. The van der Waals surface area contributed by atoms with Gasteiger partial charge in [0.05, 0.1) is 23.0 Å². The number of nitrogens with zero attached hydrogens (tertiary/aromatic N) is 2. The number of aromatic carboxylic acids is 2. The molecule has 0 spiro atoms. The number of aromatic nitrogens is 2. The molecule has 0 atom stereocenters. The van der Waals surface area contributed by atoms with Crippen LogP contribution in [0.4, 0.5) is 0 Å². The molecule has 190 valence electrons. The molecule has 0 aliphatic heterocycles. The number of hydrogen-bond donors (Lipinski definition) is 2. The number of carbonyl (C=O) groups excluding carboxylic acids is 2. The molecule has 5 aromatic rings. The molecule has 0 amide bonds. The third-order valence-electron chi connectivity index (χ3n) is 4.70. The van der Waals surface area contributed by atoms with Crippen LogP contribution in [-0.2, 0) is 25.0 Å². The van der Waals surface area contributed by atoms with E-state index in [9.17, 15) is 19.8 Å². The van der Waals surface area contributed by atoms with Crippen LogP contribution in [-0.4, -0.2) is 32.1 Å². The second kappa shape index (κ2) is 14.8. The van der Waals surface area contributed by atoms with Crippen LogP contribution in [0.2, 0.25) is 10.0 Å². The summed E-state index contributed by atoms with van der Waals surface area (Å²) in [7, 11) is 0. The summed E-state index contributed by atoms with van der Waals surface area (Å²) >= 11 is 10.9. The maximum absolute atomic E-state index is 10.2. The van der Waals surface area contributed by atoms with Gasteiger partial charge in [-0.3, -0.25) is 9.97 Å². The Kier molecular flexibility index (Phi) is 12.5. The molecular formula is C26H19Cl2N2O7Zn+. The Morgan fingerprint density at radius 1 is 0.658 bits per heavy atom. The van der Waals surface area contributed by atoms with Gasteiger partial charge in [-0.15, -0.1) is 0 Å². The Morgan fingerprint density at radius 3 is 1.34 bits per heavy atom. The van der Waals surface area contributed by atoms with Crippen molar-refractivity contribution in [3.05, 3.63) is 106 Å². The summed E-state index contributed by atoms with van der Waals surface area (Å²) in [6, 6.07) is 19.5. The molecule has 2 heterocycles. The number of halogens is 2. The number of fused-ring (bicyclic) bond motifs is 3. The molecule has 12 heteroatoms. The molecule has 0 radical (unpaired) electrons. The zero-order chi connectivity index (χ0) is 26.2. The molecule has 0 unspecified atom stereocenters. The fourth-order valence-electron chi connectivity index (χ4n) is 3.03. The number of carbonyl (C=O) groups is 2. The minimum absolute atomic E-state index is 0. The van der Waals surface area contributed by atoms with E-state index >= 15 is 0 Å². The average molecular weight is 608 g/mol. The van der Waals surface area contributed by atoms with E-state index in [4.69, 9.17) is 33.4 Å². The van der Waals surface area contributed by atoms with E-state index in [1.165, 1.54) is 24.3 Å². The maximum atomic E-state index is 10.2. The molecule has 0 saturated heterocycles. The van der Waals surface area contributed by atoms with Gasteiger partial charge in [0.15, 0.2) is 0 Å². The zero-order valence-electron chi connectivity index (χ0n) is 19.5. The van der Waals surface area contributed by atoms with Crippen LogP contribution in [0.25, 0.3) is 21.8 Å². The molecule has 0 bridgehead atoms. The number of pyridine rings is 2. The van der Waals surface area contributed by atoms with Gasteiger partial charge in [-0.2, -0.15) is 0 Å². The summed E-state index contributed by atoms with van der Waals surface area (Å²) in [5.74, 6) is -3.59. The van der Waals surface area contributed by atoms with E-state index in [0.29, 0.717) is 0 Å². The van der Waals surface area contributed by atoms with Gasteiger partial charge >= 0.3 is 19.5 Å². The number of carboxylic acid groups (broad SMARTS) is 2. The van der Waals surface area contributed by atoms with Crippen molar-refractivity contribution in [2.45, 2.75) is 0 Å². The monoisotopic (exact) mass is 605 g/mol. The largest absolute Gasteiger partial charge is 2.00 e. The van der Waals surface area contributed by atoms with Gasteiger partial charge < -0.3 is 35.5 Å². The van der Waals surface area contributed by atoms with Gasteiger partial charge in [0.2, 0.25) is 0 Å². The van der Waals surface area contributed by atoms with Gasteiger partial charge in [0, 0.05) is 44.3 Å². The summed E-state index contributed by atoms with van der Waals surface area (Å²) in [5.41, 5.74) is 1.44. The summed E-state index contributed by atoms with van der Waals surface area (Å²) < 4.78 is 0. The van der Waals surface area contributed by atoms with Crippen LogP contribution >= 0.6 is 23.2 Å². The fraction of sp³-hybridized carbons (Fsp3) is 0. The number of phenols is 2. The molecule has 0 fully saturated rings. The third-order valence-corrected chi connectivity index (χ3v) is 5.17. The Morgan fingerprint density at radius 2 is 1.03 bits per heavy atom. The minimum Gasteiger partial charge on any atom is -0.545 e. The Labute approximate surface area is 239 Å². The van der Waals surface area contributed by atoms with Crippen molar-refractivity contribution in [2.24, 2.45) is 0 Å². The Hall–Kier alpha value is -3.82. The van der Waals surface area contributed by atoms with Gasteiger partial charge in [-0.05, 0) is 48.5 Å². The molecule has 38 heavy (non-hydrogen) atoms. The van der Waals surface area contributed by atoms with Crippen LogP contribution in [0.15, 0.2) is 85.2 Å². The number of aromatic hydroxyl groups is 2. The zero-order valence-corrected chi connectivity index (χ0v) is 24.0. The Bertz CT molecular complexity index is 1450. The summed E-state index contributed by atoms with van der Waals surface area (Å²) in [5, 5.41) is 41.2. The van der Waals surface area contributed by atoms with Crippen molar-refractivity contribution >= 4 is 56.9 Å². The van der Waals surface area contributed by atoms with Gasteiger partial charge in [-0.25, -0.2) is 0 Å². The first-order chi connectivity index (χ1) is 17.2. The molecule has 2 aromatic heterocycles. The molecule has 5 N–H and O–H groups in total. The third kappa shape index (κ3) is 8.36. The summed E-state index contributed by atoms with van der Waals surface area (Å²) in [6.07, 6.45) is 3.60. The van der Waals surface area contributed by atoms with E-state index < -0.39 is 11.9 Å². The number of hydrogen-bond acceptors (Lipinski definition) is 8. The normalized spacial score (nSPS) is 9.53. The predicted molar refractivity (Wildman–Crippen MR) is 137 cm³/mol. The van der Waals surface area contributed by atoms with Crippen molar-refractivity contribution in [1.82, 2.24) is 9.97 Å². The molecule has 0 aliphatic carbocycles. The van der Waals surface area contributed by atoms with Crippen molar-refractivity contribution < 1.29 is 55.0 Å². The first-order valence-electron chi connectivity index (χ1n) is 10.2. The van der Waals surface area contributed by atoms with E-state index in [-0.39, 0.29) is 57.6 Å². The van der Waals surface area contributed by atoms with Crippen molar-refractivity contribution in [1.29, 1.82) is 0 Å². The van der Waals surface area contributed by atoms with Crippen LogP contribution in [0.5, 0.6) is 11.5 Å². The standard InChI is InChI=1S/C12H8N2.2C7H5ClO3.H2O.Zn/c1-3-9-5-6-10-4-2-8-14-12(10)11(9)13-7-1;2*8-4-1-2-5(7(10)11)6(9)3-4;;/h1-8H;2*1-3,9H,(H,10,11);1H2;/q;;;;+2/p-1. The minimum atomic E-state index is -1.42. The molecular weight excluding hydrogens is 589 g/mol. The first kappa shape index (κ1) is 32.2. The van der Waals surface area contributed by atoms with Crippen LogP contribution in [0.3, 0.4) is 0 Å². The first-order valence-corrected chi connectivity index (χ1v) is 10.9. The average Bonchev–Trinajstić information content (AvgIpc) is 2.84. The Balaban J connectivity index is 0.000000281. The smallest absolute Gasteiger partial charge is 0.545 e. The van der Waals surface area contributed by atoms with E-state index in [1.807, 2.05) is 12.1 Å². The van der Waals surface area contributed by atoms with Gasteiger partial charge in [0.1, 0.15) is 11.5 Å². The SMILES string of the molecule is O=C([O-])c1ccc(Cl)cc1O.O=C([O-])c1ccc(Cl)cc1O.[OH3+].[Zn+2].c1cnc2c(c1)ccc1cccnc12. The molecule has 0 aliphatic rings. The van der Waals surface area contributed by atoms with Crippen molar-refractivity contribution in [2.75, 3.05) is 0 Å². The maximum Gasteiger partial charge on any atom is 2.00 e. The second-order valence-electron chi connectivity index (χ2n) is 7.11. The van der Waals surface area contributed by atoms with E-state index in [2.05, 4.69) is 34.2 Å². The van der Waals surface area contributed by atoms with Crippen LogP contribution in [0.1, 0.15) is 20.7 Å². The van der Waals surface area contributed by atoms with E-state index in [1.54, 1.807) is 12.4 Å². The second-order valence-corrected chi connectivity index (χ2v) is 7.99. The molecule has 3 aromatic carbocycles. The topological polar surface area (TPSA) is 180 Å². The van der Waals surface area contributed by atoms with E-state index in [0.717, 1.165) is 33.9 Å². The number of rotatable bonds is 2. The van der Waals surface area contributed by atoms with Gasteiger partial charge in [-0.1, -0.05) is 47.5 Å². The quantitative estimate of drug-likeness (QED) is 0.175. The molecule has 5 rings (SSSR count). The molecule has 9 nitrogen and oxygen atoms in total. The van der Waals surface area contributed by atoms with Crippen LogP contribution < -0.4 is 10.2 Å². The number of carboxylic acids is 2. The number of benzene rings is 3. The molecule has 0 saturated carbocycles. The van der Waals surface area contributed by atoms with Crippen LogP contribution in [0, 0.1) is 0 Å². The van der Waals surface area contributed by atoms with Gasteiger partial charge in [0.25, 0.3) is 0 Å².